The standard InChI is InChI=1S/C23H29ClFNO3/c1-4-21(26-15(2)14-17(28)11-10-16(3)27)19-12-13-20(24)23(22(19)25)29-18-8-6-5-7-9-18/h5-9,12-13,15-16,21,26-27H,4,10-11,14H2,1-3H3/t15-,16-,21-/m1/s1. The number of carbonyl (C=O) groups excluding carboxylic acids is 1. The van der Waals surface area contributed by atoms with Crippen LogP contribution in [0.3, 0.4) is 0 Å². The number of hydrogen-bond acceptors (Lipinski definition) is 4. The van der Waals surface area contributed by atoms with Crippen molar-refractivity contribution >= 4 is 17.4 Å². The van der Waals surface area contributed by atoms with E-state index in [0.717, 1.165) is 0 Å². The Morgan fingerprint density at radius 3 is 2.52 bits per heavy atom. The SMILES string of the molecule is CC[C@@H](N[C@H](C)CC(=O)CC[C@@H](C)O)c1ccc(Cl)c(Oc2ccccc2)c1F. The summed E-state index contributed by atoms with van der Waals surface area (Å²) in [6, 6.07) is 11.8. The normalized spacial score (nSPS) is 14.3. The summed E-state index contributed by atoms with van der Waals surface area (Å²) in [4.78, 5) is 12.1. The van der Waals surface area contributed by atoms with Gasteiger partial charge in [-0.15, -0.1) is 0 Å². The molecule has 2 aromatic carbocycles. The van der Waals surface area contributed by atoms with Gasteiger partial charge >= 0.3 is 0 Å². The molecule has 0 radical (unpaired) electrons. The fourth-order valence-electron chi connectivity index (χ4n) is 3.16. The van der Waals surface area contributed by atoms with Gasteiger partial charge in [0.05, 0.1) is 11.1 Å². The van der Waals surface area contributed by atoms with Gasteiger partial charge in [-0.1, -0.05) is 42.8 Å². The van der Waals surface area contributed by atoms with Gasteiger partial charge in [0.2, 0.25) is 0 Å². The molecule has 0 aliphatic carbocycles. The molecule has 6 heteroatoms. The third-order valence-corrected chi connectivity index (χ3v) is 4.98. The van der Waals surface area contributed by atoms with Gasteiger partial charge in [-0.2, -0.15) is 0 Å². The molecule has 29 heavy (non-hydrogen) atoms. The number of aliphatic hydroxyl groups is 1. The minimum atomic E-state index is -0.506. The van der Waals surface area contributed by atoms with E-state index in [1.165, 1.54) is 0 Å². The molecule has 2 rings (SSSR count). The van der Waals surface area contributed by atoms with E-state index in [0.29, 0.717) is 37.0 Å². The molecule has 0 aromatic heterocycles. The first kappa shape index (κ1) is 23.3. The minimum absolute atomic E-state index is 0.00344. The molecule has 2 aromatic rings. The second-order valence-corrected chi connectivity index (χ2v) is 7.76. The summed E-state index contributed by atoms with van der Waals surface area (Å²) >= 11 is 6.18. The number of ketones is 1. The maximum atomic E-state index is 15.2. The van der Waals surface area contributed by atoms with Gasteiger partial charge in [-0.25, -0.2) is 4.39 Å². The molecular formula is C23H29ClFNO3. The van der Waals surface area contributed by atoms with Gasteiger partial charge in [0.25, 0.3) is 0 Å². The molecule has 0 saturated heterocycles. The van der Waals surface area contributed by atoms with Crippen LogP contribution in [0.2, 0.25) is 5.02 Å². The zero-order valence-electron chi connectivity index (χ0n) is 17.1. The Labute approximate surface area is 177 Å². The highest BCUT2D eigenvalue weighted by atomic mass is 35.5. The molecule has 2 N–H and O–H groups in total. The van der Waals surface area contributed by atoms with E-state index >= 15 is 4.39 Å². The molecule has 0 fully saturated rings. The van der Waals surface area contributed by atoms with E-state index in [1.54, 1.807) is 43.3 Å². The number of Topliss-reactive ketones (excluding diaryl/α,β-unsaturated/α-hetero) is 1. The quantitative estimate of drug-likeness (QED) is 0.480. The number of rotatable bonds is 11. The number of carbonyl (C=O) groups is 1. The number of ether oxygens (including phenoxy) is 1. The molecule has 3 atom stereocenters. The van der Waals surface area contributed by atoms with Crippen molar-refractivity contribution < 1.29 is 19.0 Å². The predicted molar refractivity (Wildman–Crippen MR) is 114 cm³/mol. The Hall–Kier alpha value is -1.95. The van der Waals surface area contributed by atoms with Crippen molar-refractivity contribution in [2.45, 2.75) is 64.6 Å². The number of benzene rings is 2. The van der Waals surface area contributed by atoms with Crippen molar-refractivity contribution in [1.29, 1.82) is 0 Å². The van der Waals surface area contributed by atoms with Crippen LogP contribution >= 0.6 is 11.6 Å². The van der Waals surface area contributed by atoms with E-state index in [4.69, 9.17) is 16.3 Å². The summed E-state index contributed by atoms with van der Waals surface area (Å²) in [5.41, 5.74) is 0.450. The summed E-state index contributed by atoms with van der Waals surface area (Å²) < 4.78 is 20.9. The van der Waals surface area contributed by atoms with Crippen LogP contribution < -0.4 is 10.1 Å². The predicted octanol–water partition coefficient (Wildman–Crippen LogP) is 5.82. The first-order valence-electron chi connectivity index (χ1n) is 9.98. The van der Waals surface area contributed by atoms with Crippen LogP contribution in [0.4, 0.5) is 4.39 Å². The van der Waals surface area contributed by atoms with Gasteiger partial charge in [-0.05, 0) is 44.9 Å². The van der Waals surface area contributed by atoms with E-state index < -0.39 is 11.9 Å². The molecule has 0 aliphatic rings. The Kier molecular flexibility index (Phi) is 9.08. The number of para-hydroxylation sites is 1. The van der Waals surface area contributed by atoms with Gasteiger partial charge in [0, 0.05) is 30.5 Å². The topological polar surface area (TPSA) is 58.6 Å². The van der Waals surface area contributed by atoms with Crippen molar-refractivity contribution in [3.05, 3.63) is 58.9 Å². The second kappa shape index (κ2) is 11.3. The fourth-order valence-corrected chi connectivity index (χ4v) is 3.34. The van der Waals surface area contributed by atoms with Crippen molar-refractivity contribution in [3.63, 3.8) is 0 Å². The molecule has 4 nitrogen and oxygen atoms in total. The third kappa shape index (κ3) is 7.11. The van der Waals surface area contributed by atoms with Gasteiger partial charge < -0.3 is 15.2 Å². The molecule has 0 heterocycles. The zero-order chi connectivity index (χ0) is 21.4. The van der Waals surface area contributed by atoms with Crippen LogP contribution in [-0.2, 0) is 4.79 Å². The van der Waals surface area contributed by atoms with Crippen LogP contribution in [0, 0.1) is 5.82 Å². The highest BCUT2D eigenvalue weighted by Crippen LogP contribution is 2.36. The Balaban J connectivity index is 2.12. The van der Waals surface area contributed by atoms with Crippen LogP contribution in [0.5, 0.6) is 11.5 Å². The summed E-state index contributed by atoms with van der Waals surface area (Å²) in [5, 5.41) is 12.9. The first-order chi connectivity index (χ1) is 13.8. The monoisotopic (exact) mass is 421 g/mol. The van der Waals surface area contributed by atoms with E-state index in [2.05, 4.69) is 5.32 Å². The summed E-state index contributed by atoms with van der Waals surface area (Å²) in [6.07, 6.45) is 1.26. The molecule has 0 spiro atoms. The first-order valence-corrected chi connectivity index (χ1v) is 10.4. The van der Waals surface area contributed by atoms with Crippen molar-refractivity contribution in [3.8, 4) is 11.5 Å². The van der Waals surface area contributed by atoms with Gasteiger partial charge in [0.15, 0.2) is 11.6 Å². The van der Waals surface area contributed by atoms with Crippen LogP contribution in [0.1, 0.15) is 58.1 Å². The summed E-state index contributed by atoms with van der Waals surface area (Å²) in [7, 11) is 0. The van der Waals surface area contributed by atoms with Crippen molar-refractivity contribution in [2.24, 2.45) is 0 Å². The molecule has 0 aliphatic heterocycles. The Bertz CT molecular complexity index is 798. The fraction of sp³-hybridized carbons (Fsp3) is 0.435. The van der Waals surface area contributed by atoms with Crippen LogP contribution in [0.25, 0.3) is 0 Å². The zero-order valence-corrected chi connectivity index (χ0v) is 17.9. The van der Waals surface area contributed by atoms with E-state index in [1.807, 2.05) is 19.9 Å². The molecule has 0 amide bonds. The number of halogens is 2. The average molecular weight is 422 g/mol. The minimum Gasteiger partial charge on any atom is -0.453 e. The number of nitrogens with one attached hydrogen (secondary N) is 1. The van der Waals surface area contributed by atoms with Crippen molar-refractivity contribution in [1.82, 2.24) is 5.32 Å². The number of hydrogen-bond donors (Lipinski definition) is 2. The molecule has 158 valence electrons. The Morgan fingerprint density at radius 2 is 1.90 bits per heavy atom. The van der Waals surface area contributed by atoms with Gasteiger partial charge in [0.1, 0.15) is 11.5 Å². The van der Waals surface area contributed by atoms with Gasteiger partial charge in [-0.3, -0.25) is 4.79 Å². The lowest BCUT2D eigenvalue weighted by atomic mass is 10.00. The van der Waals surface area contributed by atoms with Crippen LogP contribution in [-0.4, -0.2) is 23.0 Å². The molecule has 0 bridgehead atoms. The third-order valence-electron chi connectivity index (χ3n) is 4.69. The maximum Gasteiger partial charge on any atom is 0.181 e. The van der Waals surface area contributed by atoms with E-state index in [-0.39, 0.29) is 28.6 Å². The maximum absolute atomic E-state index is 15.2. The highest BCUT2D eigenvalue weighted by Gasteiger charge is 2.22. The summed E-state index contributed by atoms with van der Waals surface area (Å²) in [6.45, 7) is 5.52. The molecule has 0 saturated carbocycles. The lowest BCUT2D eigenvalue weighted by Gasteiger charge is -2.24. The Morgan fingerprint density at radius 1 is 1.21 bits per heavy atom. The average Bonchev–Trinajstić information content (AvgIpc) is 2.69. The van der Waals surface area contributed by atoms with Crippen molar-refractivity contribution in [2.75, 3.05) is 0 Å². The summed E-state index contributed by atoms with van der Waals surface area (Å²) in [5.74, 6) is 0.0681. The lowest BCUT2D eigenvalue weighted by Crippen LogP contribution is -2.32. The largest absolute Gasteiger partial charge is 0.453 e. The number of aliphatic hydroxyl groups excluding tert-OH is 1. The highest BCUT2D eigenvalue weighted by molar-refractivity contribution is 6.32. The van der Waals surface area contributed by atoms with Crippen LogP contribution in [0.15, 0.2) is 42.5 Å². The molecular weight excluding hydrogens is 393 g/mol. The lowest BCUT2D eigenvalue weighted by molar-refractivity contribution is -0.120. The smallest absolute Gasteiger partial charge is 0.181 e. The van der Waals surface area contributed by atoms with E-state index in [9.17, 15) is 9.90 Å². The molecule has 0 unspecified atom stereocenters. The second-order valence-electron chi connectivity index (χ2n) is 7.35.